The van der Waals surface area contributed by atoms with E-state index in [1.807, 2.05) is 18.2 Å². The number of carbonyl (C=O) groups is 1. The van der Waals surface area contributed by atoms with Crippen LogP contribution in [0.1, 0.15) is 16.1 Å². The highest BCUT2D eigenvalue weighted by molar-refractivity contribution is 5.89. The van der Waals surface area contributed by atoms with Gasteiger partial charge in [0.25, 0.3) is 0 Å². The Morgan fingerprint density at radius 2 is 1.84 bits per heavy atom. The number of methoxy groups -OCH3 is 1. The summed E-state index contributed by atoms with van der Waals surface area (Å²) >= 11 is 0. The third-order valence-electron chi connectivity index (χ3n) is 3.42. The fourth-order valence-electron chi connectivity index (χ4n) is 2.16. The maximum atomic E-state index is 11.4. The molecule has 0 radical (unpaired) electrons. The zero-order chi connectivity index (χ0) is 17.5. The smallest absolute Gasteiger partial charge is 0.337 e. The van der Waals surface area contributed by atoms with E-state index in [1.165, 1.54) is 13.4 Å². The van der Waals surface area contributed by atoms with E-state index in [-0.39, 0.29) is 5.97 Å². The number of anilines is 3. The largest absolute Gasteiger partial charge is 0.465 e. The van der Waals surface area contributed by atoms with Gasteiger partial charge in [0.2, 0.25) is 0 Å². The fraction of sp³-hybridized carbons (Fsp3) is 0.111. The van der Waals surface area contributed by atoms with E-state index in [1.54, 1.807) is 36.5 Å². The lowest BCUT2D eigenvalue weighted by Gasteiger charge is -2.09. The van der Waals surface area contributed by atoms with Crippen molar-refractivity contribution in [2.45, 2.75) is 6.54 Å². The molecule has 0 fully saturated rings. The average molecular weight is 335 g/mol. The maximum absolute atomic E-state index is 11.4. The number of hydrogen-bond donors (Lipinski definition) is 2. The number of nitrogens with one attached hydrogen (secondary N) is 2. The summed E-state index contributed by atoms with van der Waals surface area (Å²) < 4.78 is 4.68. The average Bonchev–Trinajstić information content (AvgIpc) is 2.67. The first-order chi connectivity index (χ1) is 12.2. The van der Waals surface area contributed by atoms with Crippen molar-refractivity contribution in [2.24, 2.45) is 0 Å². The number of nitrogens with zero attached hydrogens (tertiary/aromatic N) is 3. The fourth-order valence-corrected chi connectivity index (χ4v) is 2.16. The van der Waals surface area contributed by atoms with Gasteiger partial charge in [0.15, 0.2) is 0 Å². The molecule has 0 saturated carbocycles. The second-order valence-electron chi connectivity index (χ2n) is 5.16. The number of hydrogen-bond acceptors (Lipinski definition) is 7. The second kappa shape index (κ2) is 7.87. The van der Waals surface area contributed by atoms with Crippen LogP contribution in [0.4, 0.5) is 17.3 Å². The summed E-state index contributed by atoms with van der Waals surface area (Å²) in [6.45, 7) is 0.575. The Balaban J connectivity index is 1.64. The molecule has 0 spiro atoms. The lowest BCUT2D eigenvalue weighted by Crippen LogP contribution is -2.04. The van der Waals surface area contributed by atoms with Gasteiger partial charge in [0.05, 0.1) is 24.9 Å². The van der Waals surface area contributed by atoms with Gasteiger partial charge in [-0.05, 0) is 36.4 Å². The molecule has 0 amide bonds. The van der Waals surface area contributed by atoms with E-state index in [9.17, 15) is 4.79 Å². The Morgan fingerprint density at radius 3 is 2.56 bits per heavy atom. The van der Waals surface area contributed by atoms with Crippen LogP contribution in [0.5, 0.6) is 0 Å². The predicted octanol–water partition coefficient (Wildman–Crippen LogP) is 3.01. The van der Waals surface area contributed by atoms with Gasteiger partial charge in [-0.2, -0.15) is 0 Å². The van der Waals surface area contributed by atoms with E-state index in [0.717, 1.165) is 11.4 Å². The van der Waals surface area contributed by atoms with Gasteiger partial charge in [0.1, 0.15) is 18.0 Å². The zero-order valence-electron chi connectivity index (χ0n) is 13.6. The lowest BCUT2D eigenvalue weighted by atomic mass is 10.2. The SMILES string of the molecule is COC(=O)c1ccc(Nc2cc(NCc3ccccn3)ncn2)cc1. The summed E-state index contributed by atoms with van der Waals surface area (Å²) in [5.41, 5.74) is 2.23. The molecule has 7 heteroatoms. The van der Waals surface area contributed by atoms with E-state index >= 15 is 0 Å². The van der Waals surface area contributed by atoms with E-state index in [0.29, 0.717) is 23.7 Å². The molecule has 3 rings (SSSR count). The summed E-state index contributed by atoms with van der Waals surface area (Å²) in [6.07, 6.45) is 3.23. The van der Waals surface area contributed by atoms with Crippen molar-refractivity contribution < 1.29 is 9.53 Å². The Labute approximate surface area is 145 Å². The molecule has 0 unspecified atom stereocenters. The number of aromatic nitrogens is 3. The first kappa shape index (κ1) is 16.4. The molecule has 126 valence electrons. The van der Waals surface area contributed by atoms with E-state index in [2.05, 4.69) is 30.3 Å². The van der Waals surface area contributed by atoms with Crippen LogP contribution in [0.25, 0.3) is 0 Å². The highest BCUT2D eigenvalue weighted by Crippen LogP contribution is 2.17. The van der Waals surface area contributed by atoms with Gasteiger partial charge < -0.3 is 15.4 Å². The first-order valence-corrected chi connectivity index (χ1v) is 7.66. The molecule has 0 saturated heterocycles. The highest BCUT2D eigenvalue weighted by atomic mass is 16.5. The van der Waals surface area contributed by atoms with Crippen molar-refractivity contribution >= 4 is 23.3 Å². The van der Waals surface area contributed by atoms with Crippen LogP contribution in [0.2, 0.25) is 0 Å². The Kier molecular flexibility index (Phi) is 5.16. The third-order valence-corrected chi connectivity index (χ3v) is 3.42. The minimum atomic E-state index is -0.366. The number of pyridine rings is 1. The predicted molar refractivity (Wildman–Crippen MR) is 94.7 cm³/mol. The van der Waals surface area contributed by atoms with Crippen LogP contribution in [-0.4, -0.2) is 28.0 Å². The van der Waals surface area contributed by atoms with Crippen LogP contribution < -0.4 is 10.6 Å². The monoisotopic (exact) mass is 335 g/mol. The Hall–Kier alpha value is -3.48. The van der Waals surface area contributed by atoms with Gasteiger partial charge in [-0.1, -0.05) is 6.07 Å². The number of benzene rings is 1. The minimum Gasteiger partial charge on any atom is -0.465 e. The second-order valence-corrected chi connectivity index (χ2v) is 5.16. The number of esters is 1. The van der Waals surface area contributed by atoms with E-state index < -0.39 is 0 Å². The molecule has 25 heavy (non-hydrogen) atoms. The summed E-state index contributed by atoms with van der Waals surface area (Å²) in [5.74, 6) is 0.966. The summed E-state index contributed by atoms with van der Waals surface area (Å²) in [5, 5.41) is 6.37. The summed E-state index contributed by atoms with van der Waals surface area (Å²) in [7, 11) is 1.36. The summed E-state index contributed by atoms with van der Waals surface area (Å²) in [4.78, 5) is 24.1. The van der Waals surface area contributed by atoms with Gasteiger partial charge in [0, 0.05) is 18.0 Å². The number of carbonyl (C=O) groups excluding carboxylic acids is 1. The van der Waals surface area contributed by atoms with Crippen molar-refractivity contribution in [2.75, 3.05) is 17.7 Å². The standard InChI is InChI=1S/C18H17N5O2/c1-25-18(24)13-5-7-14(8-6-13)23-17-10-16(21-12-22-17)20-11-15-4-2-3-9-19-15/h2-10,12H,11H2,1H3,(H2,20,21,22,23). The highest BCUT2D eigenvalue weighted by Gasteiger charge is 2.05. The Morgan fingerprint density at radius 1 is 1.04 bits per heavy atom. The quantitative estimate of drug-likeness (QED) is 0.669. The molecule has 0 atom stereocenters. The number of rotatable bonds is 6. The van der Waals surface area contributed by atoms with Gasteiger partial charge >= 0.3 is 5.97 Å². The van der Waals surface area contributed by atoms with Crippen molar-refractivity contribution in [3.8, 4) is 0 Å². The molecule has 1 aromatic carbocycles. The van der Waals surface area contributed by atoms with Gasteiger partial charge in [-0.25, -0.2) is 14.8 Å². The molecule has 0 aliphatic heterocycles. The molecule has 7 nitrogen and oxygen atoms in total. The molecule has 0 aliphatic rings. The molecular formula is C18H17N5O2. The minimum absolute atomic E-state index is 0.366. The molecule has 2 N–H and O–H groups in total. The van der Waals surface area contributed by atoms with Gasteiger partial charge in [-0.15, -0.1) is 0 Å². The topological polar surface area (TPSA) is 89.0 Å². The van der Waals surface area contributed by atoms with Crippen molar-refractivity contribution in [3.63, 3.8) is 0 Å². The molecular weight excluding hydrogens is 318 g/mol. The van der Waals surface area contributed by atoms with Gasteiger partial charge in [-0.3, -0.25) is 4.98 Å². The van der Waals surface area contributed by atoms with Crippen LogP contribution >= 0.6 is 0 Å². The maximum Gasteiger partial charge on any atom is 0.337 e. The molecule has 0 bridgehead atoms. The van der Waals surface area contributed by atoms with Crippen LogP contribution in [0, 0.1) is 0 Å². The van der Waals surface area contributed by atoms with E-state index in [4.69, 9.17) is 0 Å². The number of ether oxygens (including phenoxy) is 1. The van der Waals surface area contributed by atoms with Crippen LogP contribution in [0.15, 0.2) is 61.1 Å². The lowest BCUT2D eigenvalue weighted by molar-refractivity contribution is 0.0601. The molecule has 2 heterocycles. The molecule has 3 aromatic rings. The Bertz CT molecular complexity index is 838. The normalized spacial score (nSPS) is 10.1. The zero-order valence-corrected chi connectivity index (χ0v) is 13.6. The molecule has 2 aromatic heterocycles. The van der Waals surface area contributed by atoms with Crippen LogP contribution in [0.3, 0.4) is 0 Å². The molecule has 0 aliphatic carbocycles. The van der Waals surface area contributed by atoms with Crippen LogP contribution in [-0.2, 0) is 11.3 Å². The summed E-state index contributed by atoms with van der Waals surface area (Å²) in [6, 6.07) is 14.5. The van der Waals surface area contributed by atoms with Crippen molar-refractivity contribution in [1.29, 1.82) is 0 Å². The van der Waals surface area contributed by atoms with Crippen molar-refractivity contribution in [1.82, 2.24) is 15.0 Å². The van der Waals surface area contributed by atoms with Crippen molar-refractivity contribution in [3.05, 3.63) is 72.3 Å². The first-order valence-electron chi connectivity index (χ1n) is 7.66. The third kappa shape index (κ3) is 4.51.